The predicted molar refractivity (Wildman–Crippen MR) is 48.7 cm³/mol. The van der Waals surface area contributed by atoms with E-state index in [1.54, 1.807) is 0 Å². The maximum atomic E-state index is 8.83. The van der Waals surface area contributed by atoms with Crippen LogP contribution >= 0.6 is 0 Å². The Morgan fingerprint density at radius 3 is 2.79 bits per heavy atom. The average molecular weight is 194 g/mol. The number of aromatic nitrogens is 1. The average Bonchev–Trinajstić information content (AvgIpc) is 2.61. The Kier molecular flexibility index (Phi) is 2.24. The van der Waals surface area contributed by atoms with Crippen molar-refractivity contribution in [1.82, 2.24) is 5.16 Å². The number of morpholine rings is 1. The molecule has 1 aromatic rings. The van der Waals surface area contributed by atoms with Crippen LogP contribution in [0.4, 0.5) is 11.7 Å². The molecule has 0 unspecified atom stereocenters. The third kappa shape index (κ3) is 1.38. The molecule has 1 saturated heterocycles. The van der Waals surface area contributed by atoms with E-state index in [9.17, 15) is 0 Å². The summed E-state index contributed by atoms with van der Waals surface area (Å²) in [6, 6.07) is 1.98. The molecule has 0 bridgehead atoms. The summed E-state index contributed by atoms with van der Waals surface area (Å²) in [6.45, 7) is 2.69. The van der Waals surface area contributed by atoms with Crippen LogP contribution in [0.15, 0.2) is 4.52 Å². The molecule has 0 atom stereocenters. The van der Waals surface area contributed by atoms with Crippen LogP contribution in [0.3, 0.4) is 0 Å². The summed E-state index contributed by atoms with van der Waals surface area (Å²) in [7, 11) is 0. The fourth-order valence-electron chi connectivity index (χ4n) is 1.39. The molecule has 0 spiro atoms. The highest BCUT2D eigenvalue weighted by atomic mass is 16.5. The van der Waals surface area contributed by atoms with E-state index < -0.39 is 0 Å². The highest BCUT2D eigenvalue weighted by Gasteiger charge is 2.21. The van der Waals surface area contributed by atoms with Crippen LogP contribution in [0, 0.1) is 11.3 Å². The number of anilines is 2. The third-order valence-electron chi connectivity index (χ3n) is 2.12. The number of ether oxygens (including phenoxy) is 1. The van der Waals surface area contributed by atoms with E-state index >= 15 is 0 Å². The lowest BCUT2D eigenvalue weighted by molar-refractivity contribution is 0.122. The van der Waals surface area contributed by atoms with Crippen molar-refractivity contribution in [2.45, 2.75) is 0 Å². The normalized spacial score (nSPS) is 16.6. The van der Waals surface area contributed by atoms with Crippen molar-refractivity contribution in [2.75, 3.05) is 36.9 Å². The minimum atomic E-state index is 0.0778. The number of nitriles is 1. The van der Waals surface area contributed by atoms with Crippen molar-refractivity contribution >= 4 is 11.7 Å². The zero-order chi connectivity index (χ0) is 9.97. The molecule has 1 aliphatic heterocycles. The van der Waals surface area contributed by atoms with E-state index in [0.717, 1.165) is 0 Å². The summed E-state index contributed by atoms with van der Waals surface area (Å²) < 4.78 is 9.95. The maximum absolute atomic E-state index is 8.83. The van der Waals surface area contributed by atoms with Crippen LogP contribution in [0.5, 0.6) is 0 Å². The zero-order valence-electron chi connectivity index (χ0n) is 7.56. The van der Waals surface area contributed by atoms with Gasteiger partial charge in [-0.2, -0.15) is 5.26 Å². The highest BCUT2D eigenvalue weighted by molar-refractivity contribution is 5.62. The lowest BCUT2D eigenvalue weighted by Crippen LogP contribution is -2.36. The zero-order valence-corrected chi connectivity index (χ0v) is 7.56. The second-order valence-electron chi connectivity index (χ2n) is 2.96. The summed E-state index contributed by atoms with van der Waals surface area (Å²) in [4.78, 5) is 1.93. The minimum Gasteiger partial charge on any atom is -0.378 e. The van der Waals surface area contributed by atoms with Gasteiger partial charge in [-0.1, -0.05) is 5.16 Å². The van der Waals surface area contributed by atoms with Crippen molar-refractivity contribution < 1.29 is 9.26 Å². The molecule has 1 aromatic heterocycles. The highest BCUT2D eigenvalue weighted by Crippen LogP contribution is 2.24. The Morgan fingerprint density at radius 2 is 2.14 bits per heavy atom. The number of rotatable bonds is 1. The molecule has 2 heterocycles. The lowest BCUT2D eigenvalue weighted by Gasteiger charge is -2.26. The standard InChI is InChI=1S/C8H10N4O2/c9-5-6-7(10)14-11-8(6)12-1-3-13-4-2-12/h1-4,10H2. The Morgan fingerprint density at radius 1 is 1.43 bits per heavy atom. The van der Waals surface area contributed by atoms with Gasteiger partial charge in [-0.15, -0.1) is 0 Å². The van der Waals surface area contributed by atoms with E-state index in [1.165, 1.54) is 0 Å². The Labute approximate surface area is 80.8 Å². The molecule has 0 saturated carbocycles. The van der Waals surface area contributed by atoms with Crippen molar-refractivity contribution in [3.63, 3.8) is 0 Å². The quantitative estimate of drug-likeness (QED) is 0.675. The maximum Gasteiger partial charge on any atom is 0.242 e. The van der Waals surface area contributed by atoms with Gasteiger partial charge in [0, 0.05) is 13.1 Å². The van der Waals surface area contributed by atoms with E-state index in [2.05, 4.69) is 5.16 Å². The van der Waals surface area contributed by atoms with Crippen LogP contribution in [-0.4, -0.2) is 31.5 Å². The second kappa shape index (κ2) is 3.55. The van der Waals surface area contributed by atoms with Gasteiger partial charge < -0.3 is 19.9 Å². The number of nitrogens with zero attached hydrogens (tertiary/aromatic N) is 3. The fourth-order valence-corrected chi connectivity index (χ4v) is 1.39. The van der Waals surface area contributed by atoms with Gasteiger partial charge in [0.15, 0.2) is 11.4 Å². The Balaban J connectivity index is 2.26. The van der Waals surface area contributed by atoms with Gasteiger partial charge in [0.2, 0.25) is 5.88 Å². The van der Waals surface area contributed by atoms with Gasteiger partial charge in [0.1, 0.15) is 6.07 Å². The molecule has 74 valence electrons. The first kappa shape index (κ1) is 8.84. The van der Waals surface area contributed by atoms with Crippen LogP contribution in [-0.2, 0) is 4.74 Å². The van der Waals surface area contributed by atoms with Crippen LogP contribution in [0.25, 0.3) is 0 Å². The van der Waals surface area contributed by atoms with Gasteiger partial charge in [-0.05, 0) is 0 Å². The molecule has 2 N–H and O–H groups in total. The molecule has 6 nitrogen and oxygen atoms in total. The number of nitrogens with two attached hydrogens (primary N) is 1. The van der Waals surface area contributed by atoms with E-state index in [4.69, 9.17) is 20.3 Å². The Bertz CT molecular complexity index is 362. The van der Waals surface area contributed by atoms with E-state index in [-0.39, 0.29) is 5.88 Å². The summed E-state index contributed by atoms with van der Waals surface area (Å²) >= 11 is 0. The first-order valence-electron chi connectivity index (χ1n) is 4.31. The Hall–Kier alpha value is -1.74. The third-order valence-corrected chi connectivity index (χ3v) is 2.12. The van der Waals surface area contributed by atoms with Crippen molar-refractivity contribution in [3.8, 4) is 6.07 Å². The van der Waals surface area contributed by atoms with Gasteiger partial charge in [-0.25, -0.2) is 0 Å². The van der Waals surface area contributed by atoms with Crippen LogP contribution in [0.1, 0.15) is 5.56 Å². The summed E-state index contributed by atoms with van der Waals surface area (Å²) in [5.41, 5.74) is 5.76. The number of hydrogen-bond donors (Lipinski definition) is 1. The fraction of sp³-hybridized carbons (Fsp3) is 0.500. The summed E-state index contributed by atoms with van der Waals surface area (Å²) in [5.74, 6) is 0.599. The van der Waals surface area contributed by atoms with E-state index in [0.29, 0.717) is 37.7 Å². The molecule has 1 fully saturated rings. The molecule has 2 rings (SSSR count). The van der Waals surface area contributed by atoms with Crippen molar-refractivity contribution in [2.24, 2.45) is 0 Å². The first-order chi connectivity index (χ1) is 6.83. The topological polar surface area (TPSA) is 88.3 Å². The van der Waals surface area contributed by atoms with Crippen LogP contribution < -0.4 is 10.6 Å². The number of hydrogen-bond acceptors (Lipinski definition) is 6. The first-order valence-corrected chi connectivity index (χ1v) is 4.31. The van der Waals surface area contributed by atoms with Crippen molar-refractivity contribution in [1.29, 1.82) is 5.26 Å². The van der Waals surface area contributed by atoms with Crippen LogP contribution in [0.2, 0.25) is 0 Å². The second-order valence-corrected chi connectivity index (χ2v) is 2.96. The molecule has 0 amide bonds. The molecular weight excluding hydrogens is 184 g/mol. The van der Waals surface area contributed by atoms with E-state index in [1.807, 2.05) is 11.0 Å². The monoisotopic (exact) mass is 194 g/mol. The molecule has 1 aliphatic rings. The predicted octanol–water partition coefficient (Wildman–Crippen LogP) is -0.0349. The van der Waals surface area contributed by atoms with Crippen molar-refractivity contribution in [3.05, 3.63) is 5.56 Å². The van der Waals surface area contributed by atoms with Gasteiger partial charge in [-0.3, -0.25) is 0 Å². The summed E-state index contributed by atoms with van der Waals surface area (Å²) in [5, 5.41) is 12.6. The number of nitrogen functional groups attached to an aromatic ring is 1. The lowest BCUT2D eigenvalue weighted by atomic mass is 10.3. The molecule has 14 heavy (non-hydrogen) atoms. The van der Waals surface area contributed by atoms with Gasteiger partial charge in [0.25, 0.3) is 0 Å². The minimum absolute atomic E-state index is 0.0778. The van der Waals surface area contributed by atoms with Gasteiger partial charge in [0.05, 0.1) is 13.2 Å². The molecule has 0 radical (unpaired) electrons. The summed E-state index contributed by atoms with van der Waals surface area (Å²) in [6.07, 6.45) is 0. The largest absolute Gasteiger partial charge is 0.378 e. The smallest absolute Gasteiger partial charge is 0.242 e. The van der Waals surface area contributed by atoms with Gasteiger partial charge >= 0.3 is 0 Å². The molecular formula is C8H10N4O2. The molecule has 0 aliphatic carbocycles. The SMILES string of the molecule is N#Cc1c(N2CCOCC2)noc1N. The molecule has 6 heteroatoms. The molecule has 0 aromatic carbocycles.